The van der Waals surface area contributed by atoms with Crippen molar-refractivity contribution in [3.63, 3.8) is 0 Å². The third kappa shape index (κ3) is 5.91. The molecular formula is C22H20N2O6S. The van der Waals surface area contributed by atoms with E-state index in [0.717, 1.165) is 0 Å². The summed E-state index contributed by atoms with van der Waals surface area (Å²) in [5.41, 5.74) is 1.50. The molecule has 0 radical (unpaired) electrons. The molecular weight excluding hydrogens is 420 g/mol. The summed E-state index contributed by atoms with van der Waals surface area (Å²) >= 11 is 0. The van der Waals surface area contributed by atoms with Crippen molar-refractivity contribution in [1.29, 1.82) is 0 Å². The number of para-hydroxylation sites is 1. The number of primary sulfonamides is 1. The normalized spacial score (nSPS) is 10.9. The molecule has 3 aromatic rings. The molecule has 0 bridgehead atoms. The van der Waals surface area contributed by atoms with E-state index in [9.17, 15) is 18.0 Å². The summed E-state index contributed by atoms with van der Waals surface area (Å²) in [7, 11) is -2.29. The highest BCUT2D eigenvalue weighted by Crippen LogP contribution is 2.21. The van der Waals surface area contributed by atoms with Gasteiger partial charge in [-0.1, -0.05) is 24.3 Å². The molecule has 8 nitrogen and oxygen atoms in total. The molecule has 9 heteroatoms. The van der Waals surface area contributed by atoms with Crippen molar-refractivity contribution in [2.45, 2.75) is 11.3 Å². The maximum Gasteiger partial charge on any atom is 0.315 e. The fourth-order valence-corrected chi connectivity index (χ4v) is 3.28. The number of benzene rings is 3. The summed E-state index contributed by atoms with van der Waals surface area (Å²) in [6.07, 6.45) is -0.0445. The SMILES string of the molecule is COc1ccccc1C(=O)Nc1ccc(OC(=O)Cc2ccc(S(N)(=O)=O)cc2)cc1. The first kappa shape index (κ1) is 22.0. The molecule has 160 valence electrons. The standard InChI is InChI=1S/C22H20N2O6S/c1-29-20-5-3-2-4-19(20)22(26)24-16-8-10-17(11-9-16)30-21(25)14-15-6-12-18(13-7-15)31(23,27)28/h2-13H,14H2,1H3,(H,24,26)(H2,23,27,28). The van der Waals surface area contributed by atoms with Crippen LogP contribution in [0.3, 0.4) is 0 Å². The predicted molar refractivity (Wildman–Crippen MR) is 115 cm³/mol. The van der Waals surface area contributed by atoms with Crippen LogP contribution >= 0.6 is 0 Å². The zero-order valence-electron chi connectivity index (χ0n) is 16.6. The smallest absolute Gasteiger partial charge is 0.315 e. The van der Waals surface area contributed by atoms with E-state index < -0.39 is 16.0 Å². The number of esters is 1. The van der Waals surface area contributed by atoms with Crippen molar-refractivity contribution in [3.8, 4) is 11.5 Å². The number of anilines is 1. The second-order valence-electron chi connectivity index (χ2n) is 6.52. The van der Waals surface area contributed by atoms with Gasteiger partial charge in [-0.05, 0) is 54.1 Å². The van der Waals surface area contributed by atoms with Crippen LogP contribution in [0.1, 0.15) is 15.9 Å². The molecule has 1 amide bonds. The van der Waals surface area contributed by atoms with E-state index in [1.54, 1.807) is 48.5 Å². The molecule has 0 saturated carbocycles. The molecule has 0 heterocycles. The van der Waals surface area contributed by atoms with Crippen molar-refractivity contribution in [2.24, 2.45) is 5.14 Å². The maximum atomic E-state index is 12.4. The minimum Gasteiger partial charge on any atom is -0.496 e. The Bertz CT molecular complexity index is 1190. The van der Waals surface area contributed by atoms with E-state index in [-0.39, 0.29) is 17.2 Å². The summed E-state index contributed by atoms with van der Waals surface area (Å²) < 4.78 is 33.0. The van der Waals surface area contributed by atoms with Crippen LogP contribution in [0.4, 0.5) is 5.69 Å². The Balaban J connectivity index is 1.59. The highest BCUT2D eigenvalue weighted by atomic mass is 32.2. The first-order valence-electron chi connectivity index (χ1n) is 9.13. The van der Waals surface area contributed by atoms with E-state index in [4.69, 9.17) is 14.6 Å². The number of rotatable bonds is 7. The first-order valence-corrected chi connectivity index (χ1v) is 10.7. The van der Waals surface area contributed by atoms with Gasteiger partial charge < -0.3 is 14.8 Å². The molecule has 0 atom stereocenters. The molecule has 0 saturated heterocycles. The van der Waals surface area contributed by atoms with E-state index in [0.29, 0.717) is 28.3 Å². The maximum absolute atomic E-state index is 12.4. The summed E-state index contributed by atoms with van der Waals surface area (Å²) in [6, 6.07) is 18.8. The molecule has 0 aromatic heterocycles. The molecule has 0 aliphatic carbocycles. The lowest BCUT2D eigenvalue weighted by molar-refractivity contribution is -0.133. The average Bonchev–Trinajstić information content (AvgIpc) is 2.74. The molecule has 0 fully saturated rings. The van der Waals surface area contributed by atoms with Gasteiger partial charge in [0, 0.05) is 5.69 Å². The molecule has 0 aliphatic rings. The van der Waals surface area contributed by atoms with Crippen molar-refractivity contribution in [2.75, 3.05) is 12.4 Å². The lowest BCUT2D eigenvalue weighted by atomic mass is 10.1. The van der Waals surface area contributed by atoms with Crippen LogP contribution in [0.15, 0.2) is 77.7 Å². The number of carbonyl (C=O) groups excluding carboxylic acids is 2. The summed E-state index contributed by atoms with van der Waals surface area (Å²) in [4.78, 5) is 24.5. The van der Waals surface area contributed by atoms with Crippen molar-refractivity contribution >= 4 is 27.6 Å². The van der Waals surface area contributed by atoms with Crippen LogP contribution in [0.5, 0.6) is 11.5 Å². The summed E-state index contributed by atoms with van der Waals surface area (Å²) in [5, 5.41) is 7.80. The number of sulfonamides is 1. The largest absolute Gasteiger partial charge is 0.496 e. The lowest BCUT2D eigenvalue weighted by Crippen LogP contribution is -2.14. The first-order chi connectivity index (χ1) is 14.8. The third-order valence-electron chi connectivity index (χ3n) is 4.30. The Labute approximate surface area is 179 Å². The van der Waals surface area contributed by atoms with Gasteiger partial charge in [0.2, 0.25) is 10.0 Å². The zero-order valence-corrected chi connectivity index (χ0v) is 17.4. The summed E-state index contributed by atoms with van der Waals surface area (Å²) in [6.45, 7) is 0. The van der Waals surface area contributed by atoms with Gasteiger partial charge in [0.05, 0.1) is 24.0 Å². The van der Waals surface area contributed by atoms with E-state index >= 15 is 0 Å². The second kappa shape index (κ2) is 9.41. The fraction of sp³-hybridized carbons (Fsp3) is 0.0909. The van der Waals surface area contributed by atoms with Gasteiger partial charge in [0.25, 0.3) is 5.91 Å². The van der Waals surface area contributed by atoms with E-state index in [1.165, 1.54) is 31.4 Å². The Kier molecular flexibility index (Phi) is 6.68. The van der Waals surface area contributed by atoms with Crippen molar-refractivity contribution < 1.29 is 27.5 Å². The van der Waals surface area contributed by atoms with Gasteiger partial charge in [-0.2, -0.15) is 0 Å². The van der Waals surface area contributed by atoms with Gasteiger partial charge in [-0.3, -0.25) is 9.59 Å². The number of hydrogen-bond donors (Lipinski definition) is 2. The van der Waals surface area contributed by atoms with Gasteiger partial charge in [0.1, 0.15) is 11.5 Å². The topological polar surface area (TPSA) is 125 Å². The van der Waals surface area contributed by atoms with Crippen LogP contribution in [0.2, 0.25) is 0 Å². The molecule has 3 rings (SSSR count). The molecule has 31 heavy (non-hydrogen) atoms. The lowest BCUT2D eigenvalue weighted by Gasteiger charge is -2.10. The number of nitrogens with two attached hydrogens (primary N) is 1. The monoisotopic (exact) mass is 440 g/mol. The zero-order chi connectivity index (χ0) is 22.4. The molecule has 0 unspecified atom stereocenters. The predicted octanol–water partition coefficient (Wildman–Crippen LogP) is 2.74. The van der Waals surface area contributed by atoms with Crippen LogP contribution in [0.25, 0.3) is 0 Å². The molecule has 0 aliphatic heterocycles. The second-order valence-corrected chi connectivity index (χ2v) is 8.08. The van der Waals surface area contributed by atoms with Crippen LogP contribution in [-0.4, -0.2) is 27.4 Å². The molecule has 0 spiro atoms. The van der Waals surface area contributed by atoms with Crippen LogP contribution < -0.4 is 19.9 Å². The fourth-order valence-electron chi connectivity index (χ4n) is 2.77. The Morgan fingerprint density at radius 3 is 2.19 bits per heavy atom. The van der Waals surface area contributed by atoms with Gasteiger partial charge >= 0.3 is 5.97 Å². The van der Waals surface area contributed by atoms with Gasteiger partial charge in [-0.25, -0.2) is 13.6 Å². The number of methoxy groups -OCH3 is 1. The summed E-state index contributed by atoms with van der Waals surface area (Å²) in [5.74, 6) is -0.0802. The van der Waals surface area contributed by atoms with Gasteiger partial charge in [0.15, 0.2) is 0 Å². The number of hydrogen-bond acceptors (Lipinski definition) is 6. The average molecular weight is 440 g/mol. The van der Waals surface area contributed by atoms with Crippen LogP contribution in [0, 0.1) is 0 Å². The number of carbonyl (C=O) groups is 2. The highest BCUT2D eigenvalue weighted by Gasteiger charge is 2.13. The Hall–Kier alpha value is -3.69. The molecule has 3 aromatic carbocycles. The van der Waals surface area contributed by atoms with Crippen molar-refractivity contribution in [1.82, 2.24) is 0 Å². The minimum atomic E-state index is -3.78. The third-order valence-corrected chi connectivity index (χ3v) is 5.23. The van der Waals surface area contributed by atoms with E-state index in [2.05, 4.69) is 5.32 Å². The van der Waals surface area contributed by atoms with Crippen LogP contribution in [-0.2, 0) is 21.2 Å². The highest BCUT2D eigenvalue weighted by molar-refractivity contribution is 7.89. The number of ether oxygens (including phenoxy) is 2. The number of amides is 1. The quantitative estimate of drug-likeness (QED) is 0.430. The molecule has 3 N–H and O–H groups in total. The van der Waals surface area contributed by atoms with Crippen molar-refractivity contribution in [3.05, 3.63) is 83.9 Å². The minimum absolute atomic E-state index is 0.0321. The number of nitrogens with one attached hydrogen (secondary N) is 1. The Morgan fingerprint density at radius 1 is 0.935 bits per heavy atom. The van der Waals surface area contributed by atoms with Gasteiger partial charge in [-0.15, -0.1) is 0 Å². The van der Waals surface area contributed by atoms with E-state index in [1.807, 2.05) is 0 Å². The Morgan fingerprint density at radius 2 is 1.58 bits per heavy atom.